The fourth-order valence-electron chi connectivity index (χ4n) is 1.94. The largest absolute Gasteiger partial charge is 0.494 e. The van der Waals surface area contributed by atoms with Gasteiger partial charge in [0, 0.05) is 19.3 Å². The van der Waals surface area contributed by atoms with Gasteiger partial charge >= 0.3 is 0 Å². The fraction of sp³-hybridized carbons (Fsp3) is 0.462. The number of amides is 1. The molecule has 1 unspecified atom stereocenters. The predicted octanol–water partition coefficient (Wildman–Crippen LogP) is 2.30. The maximum atomic E-state index is 13.5. The molecular weight excluding hydrogens is 253 g/mol. The van der Waals surface area contributed by atoms with E-state index in [4.69, 9.17) is 4.74 Å². The summed E-state index contributed by atoms with van der Waals surface area (Å²) in [5.41, 5.74) is 0.876. The highest BCUT2D eigenvalue weighted by Crippen LogP contribution is 2.27. The molecule has 0 bridgehead atoms. The first kappa shape index (κ1) is 13.2. The van der Waals surface area contributed by atoms with Crippen LogP contribution in [0.4, 0.5) is 4.39 Å². The number of thioether (sulfide) groups is 1. The first-order valence-corrected chi connectivity index (χ1v) is 6.85. The zero-order valence-corrected chi connectivity index (χ0v) is 11.3. The van der Waals surface area contributed by atoms with Crippen molar-refractivity contribution in [2.24, 2.45) is 0 Å². The van der Waals surface area contributed by atoms with E-state index >= 15 is 0 Å². The molecule has 5 heteroatoms. The molecular formula is C13H16FNO2S. The number of rotatable bonds is 4. The topological polar surface area (TPSA) is 29.5 Å². The molecule has 1 aromatic rings. The molecule has 0 aliphatic carbocycles. The number of hydrogen-bond donors (Lipinski definition) is 0. The van der Waals surface area contributed by atoms with Crippen LogP contribution >= 0.6 is 11.8 Å². The molecule has 0 spiro atoms. The van der Waals surface area contributed by atoms with E-state index in [1.54, 1.807) is 22.7 Å². The van der Waals surface area contributed by atoms with Crippen molar-refractivity contribution >= 4 is 17.7 Å². The molecule has 1 amide bonds. The van der Waals surface area contributed by atoms with Crippen molar-refractivity contribution in [1.29, 1.82) is 0 Å². The molecule has 18 heavy (non-hydrogen) atoms. The van der Waals surface area contributed by atoms with Gasteiger partial charge < -0.3 is 9.64 Å². The summed E-state index contributed by atoms with van der Waals surface area (Å²) in [5, 5.41) is 0.0140. The molecule has 0 aromatic heterocycles. The van der Waals surface area contributed by atoms with E-state index < -0.39 is 0 Å². The quantitative estimate of drug-likeness (QED) is 0.840. The Labute approximate surface area is 110 Å². The normalized spacial score (nSPS) is 19.4. The average molecular weight is 269 g/mol. The van der Waals surface area contributed by atoms with Gasteiger partial charge in [-0.25, -0.2) is 4.39 Å². The van der Waals surface area contributed by atoms with Gasteiger partial charge in [0.05, 0.1) is 12.4 Å². The highest BCUT2D eigenvalue weighted by Gasteiger charge is 2.29. The third-order valence-electron chi connectivity index (χ3n) is 3.05. The Kier molecular flexibility index (Phi) is 4.11. The van der Waals surface area contributed by atoms with Crippen molar-refractivity contribution in [2.75, 3.05) is 20.7 Å². The number of likely N-dealkylation sites (tertiary alicyclic amines) is 1. The van der Waals surface area contributed by atoms with Gasteiger partial charge in [-0.1, -0.05) is 6.07 Å². The summed E-state index contributed by atoms with van der Waals surface area (Å²) in [4.78, 5) is 13.4. The summed E-state index contributed by atoms with van der Waals surface area (Å²) in [6.07, 6.45) is 0.874. The van der Waals surface area contributed by atoms with Gasteiger partial charge in [0.15, 0.2) is 11.6 Å². The number of halogens is 1. The van der Waals surface area contributed by atoms with Crippen LogP contribution in [0.2, 0.25) is 0 Å². The summed E-state index contributed by atoms with van der Waals surface area (Å²) in [6, 6.07) is 4.92. The molecule has 1 heterocycles. The zero-order chi connectivity index (χ0) is 13.1. The Morgan fingerprint density at radius 1 is 1.56 bits per heavy atom. The third-order valence-corrected chi connectivity index (χ3v) is 4.39. The van der Waals surface area contributed by atoms with E-state index in [1.165, 1.54) is 13.2 Å². The minimum absolute atomic E-state index is 0.0140. The maximum Gasteiger partial charge on any atom is 0.235 e. The van der Waals surface area contributed by atoms with Crippen molar-refractivity contribution in [1.82, 2.24) is 4.90 Å². The van der Waals surface area contributed by atoms with E-state index in [0.717, 1.165) is 18.5 Å². The molecule has 1 saturated heterocycles. The Bertz CT molecular complexity index is 453. The number of methoxy groups -OCH3 is 1. The predicted molar refractivity (Wildman–Crippen MR) is 70.3 cm³/mol. The van der Waals surface area contributed by atoms with E-state index in [9.17, 15) is 9.18 Å². The van der Waals surface area contributed by atoms with Gasteiger partial charge in [0.1, 0.15) is 0 Å². The Balaban J connectivity index is 1.94. The van der Waals surface area contributed by atoms with Crippen molar-refractivity contribution < 1.29 is 13.9 Å². The number of carbonyl (C=O) groups excluding carboxylic acids is 1. The molecule has 1 aromatic carbocycles. The lowest BCUT2D eigenvalue weighted by Gasteiger charge is -2.10. The number of carbonyl (C=O) groups is 1. The second-order valence-corrected chi connectivity index (χ2v) is 5.51. The van der Waals surface area contributed by atoms with Gasteiger partial charge in [-0.2, -0.15) is 0 Å². The minimum Gasteiger partial charge on any atom is -0.494 e. The molecule has 0 radical (unpaired) electrons. The monoisotopic (exact) mass is 269 g/mol. The van der Waals surface area contributed by atoms with Crippen LogP contribution < -0.4 is 4.74 Å². The van der Waals surface area contributed by atoms with Crippen molar-refractivity contribution in [3.63, 3.8) is 0 Å². The Hall–Kier alpha value is -1.23. The molecule has 1 aliphatic heterocycles. The summed E-state index contributed by atoms with van der Waals surface area (Å²) >= 11 is 1.57. The summed E-state index contributed by atoms with van der Waals surface area (Å²) in [6.45, 7) is 0.813. The number of ether oxygens (including phenoxy) is 1. The molecule has 3 nitrogen and oxygen atoms in total. The van der Waals surface area contributed by atoms with E-state index in [-0.39, 0.29) is 22.7 Å². The second kappa shape index (κ2) is 5.61. The highest BCUT2D eigenvalue weighted by molar-refractivity contribution is 7.99. The van der Waals surface area contributed by atoms with Crippen LogP contribution in [0.1, 0.15) is 12.0 Å². The van der Waals surface area contributed by atoms with Crippen LogP contribution in [0.25, 0.3) is 0 Å². The van der Waals surface area contributed by atoms with Crippen LogP contribution in [0.15, 0.2) is 18.2 Å². The van der Waals surface area contributed by atoms with E-state index in [1.807, 2.05) is 13.1 Å². The van der Waals surface area contributed by atoms with Gasteiger partial charge in [0.25, 0.3) is 0 Å². The lowest BCUT2D eigenvalue weighted by molar-refractivity contribution is -0.126. The van der Waals surface area contributed by atoms with E-state index in [2.05, 4.69) is 0 Å². The molecule has 98 valence electrons. The first-order valence-electron chi connectivity index (χ1n) is 5.81. The lowest BCUT2D eigenvalue weighted by atomic mass is 10.2. The first-order chi connectivity index (χ1) is 8.61. The van der Waals surface area contributed by atoms with E-state index in [0.29, 0.717) is 5.75 Å². The molecule has 0 N–H and O–H groups in total. The van der Waals surface area contributed by atoms with Crippen LogP contribution in [0.5, 0.6) is 5.75 Å². The average Bonchev–Trinajstić information content (AvgIpc) is 2.68. The Morgan fingerprint density at radius 3 is 2.89 bits per heavy atom. The fourth-order valence-corrected chi connectivity index (χ4v) is 3.11. The second-order valence-electron chi connectivity index (χ2n) is 4.32. The molecule has 1 aliphatic rings. The molecule has 1 fully saturated rings. The molecule has 1 atom stereocenters. The van der Waals surface area contributed by atoms with Crippen LogP contribution in [0, 0.1) is 5.82 Å². The van der Waals surface area contributed by atoms with Crippen molar-refractivity contribution in [3.05, 3.63) is 29.6 Å². The number of nitrogens with zero attached hydrogens (tertiary/aromatic N) is 1. The van der Waals surface area contributed by atoms with Crippen molar-refractivity contribution in [2.45, 2.75) is 17.4 Å². The van der Waals surface area contributed by atoms with Crippen LogP contribution in [-0.2, 0) is 10.5 Å². The van der Waals surface area contributed by atoms with Crippen molar-refractivity contribution in [3.8, 4) is 5.75 Å². The van der Waals surface area contributed by atoms with Crippen LogP contribution in [0.3, 0.4) is 0 Å². The summed E-state index contributed by atoms with van der Waals surface area (Å²) in [7, 11) is 3.26. The van der Waals surface area contributed by atoms with Crippen LogP contribution in [-0.4, -0.2) is 36.8 Å². The van der Waals surface area contributed by atoms with Gasteiger partial charge in [-0.15, -0.1) is 11.8 Å². The van der Waals surface area contributed by atoms with Gasteiger partial charge in [-0.05, 0) is 24.1 Å². The minimum atomic E-state index is -0.356. The third kappa shape index (κ3) is 2.77. The molecule has 0 saturated carbocycles. The number of hydrogen-bond acceptors (Lipinski definition) is 3. The number of benzene rings is 1. The highest BCUT2D eigenvalue weighted by atomic mass is 32.2. The Morgan fingerprint density at radius 2 is 2.33 bits per heavy atom. The maximum absolute atomic E-state index is 13.5. The summed E-state index contributed by atoms with van der Waals surface area (Å²) in [5.74, 6) is 0.713. The SMILES string of the molecule is COc1ccc(CSC2CCN(C)C2=O)cc1F. The standard InChI is InChI=1S/C13H16FNO2S/c1-15-6-5-12(13(15)16)18-8-9-3-4-11(17-2)10(14)7-9/h3-4,7,12H,5-6,8H2,1-2H3. The van der Waals surface area contributed by atoms with Gasteiger partial charge in [0.2, 0.25) is 5.91 Å². The molecule has 2 rings (SSSR count). The lowest BCUT2D eigenvalue weighted by Crippen LogP contribution is -2.23. The van der Waals surface area contributed by atoms with Gasteiger partial charge in [-0.3, -0.25) is 4.79 Å². The smallest absolute Gasteiger partial charge is 0.235 e. The zero-order valence-electron chi connectivity index (χ0n) is 10.5. The summed E-state index contributed by atoms with van der Waals surface area (Å²) < 4.78 is 18.3.